The number of sulfonamides is 1. The van der Waals surface area contributed by atoms with Crippen LogP contribution in [0.1, 0.15) is 27.9 Å². The number of benzene rings is 2. The van der Waals surface area contributed by atoms with Crippen molar-refractivity contribution < 1.29 is 22.7 Å². The maximum Gasteiger partial charge on any atom is 0.340 e. The second kappa shape index (κ2) is 10.6. The standard InChI is InChI=1S/C22H24ClN3O5S/c1-15-10-16(2)12-17(11-15)26(9-5-8-24)21(27)14-31-22(28)19-13-18(6-7-20(19)23)32(29,30)25(3)4/h6-7,10-13H,5,9,14H2,1-4H3. The number of halogens is 1. The van der Waals surface area contributed by atoms with Crippen LogP contribution in [0.3, 0.4) is 0 Å². The quantitative estimate of drug-likeness (QED) is 0.540. The second-order valence-electron chi connectivity index (χ2n) is 7.30. The predicted molar refractivity (Wildman–Crippen MR) is 121 cm³/mol. The number of ether oxygens (including phenoxy) is 1. The molecule has 10 heteroatoms. The van der Waals surface area contributed by atoms with Crippen molar-refractivity contribution in [3.05, 3.63) is 58.1 Å². The van der Waals surface area contributed by atoms with Gasteiger partial charge < -0.3 is 9.64 Å². The second-order valence-corrected chi connectivity index (χ2v) is 9.86. The molecule has 2 aromatic rings. The smallest absolute Gasteiger partial charge is 0.340 e. The Balaban J connectivity index is 2.23. The first-order chi connectivity index (χ1) is 15.0. The first-order valence-corrected chi connectivity index (χ1v) is 11.4. The van der Waals surface area contributed by atoms with Crippen LogP contribution in [0.5, 0.6) is 0 Å². The van der Waals surface area contributed by atoms with Gasteiger partial charge in [-0.05, 0) is 55.3 Å². The Morgan fingerprint density at radius 1 is 1.09 bits per heavy atom. The van der Waals surface area contributed by atoms with Gasteiger partial charge in [-0.15, -0.1) is 0 Å². The van der Waals surface area contributed by atoms with E-state index in [2.05, 4.69) is 0 Å². The van der Waals surface area contributed by atoms with Gasteiger partial charge in [0, 0.05) is 26.3 Å². The molecule has 32 heavy (non-hydrogen) atoms. The molecule has 0 spiro atoms. The summed E-state index contributed by atoms with van der Waals surface area (Å²) in [5, 5.41) is 8.94. The van der Waals surface area contributed by atoms with Crippen LogP contribution < -0.4 is 4.90 Å². The molecule has 0 aliphatic rings. The molecule has 2 aromatic carbocycles. The molecule has 1 amide bonds. The van der Waals surface area contributed by atoms with Gasteiger partial charge in [0.2, 0.25) is 10.0 Å². The van der Waals surface area contributed by atoms with Crippen LogP contribution in [-0.4, -0.2) is 51.8 Å². The van der Waals surface area contributed by atoms with Crippen molar-refractivity contribution in [2.75, 3.05) is 32.1 Å². The van der Waals surface area contributed by atoms with E-state index in [1.54, 1.807) is 12.1 Å². The Bertz CT molecular complexity index is 1150. The van der Waals surface area contributed by atoms with Gasteiger partial charge in [0.25, 0.3) is 5.91 Å². The van der Waals surface area contributed by atoms with Gasteiger partial charge >= 0.3 is 5.97 Å². The molecule has 0 N–H and O–H groups in total. The Labute approximate surface area is 193 Å². The molecule has 0 saturated carbocycles. The highest BCUT2D eigenvalue weighted by Gasteiger charge is 2.23. The summed E-state index contributed by atoms with van der Waals surface area (Å²) in [6.07, 6.45) is 0.100. The van der Waals surface area contributed by atoms with Crippen LogP contribution in [0.2, 0.25) is 5.02 Å². The number of carbonyl (C=O) groups excluding carboxylic acids is 2. The molecule has 170 valence electrons. The number of amides is 1. The number of hydrogen-bond acceptors (Lipinski definition) is 6. The maximum absolute atomic E-state index is 12.8. The third-order valence-corrected chi connectivity index (χ3v) is 6.67. The number of anilines is 1. The van der Waals surface area contributed by atoms with Gasteiger partial charge in [-0.1, -0.05) is 17.7 Å². The molecule has 0 heterocycles. The summed E-state index contributed by atoms with van der Waals surface area (Å²) in [5.74, 6) is -1.45. The van der Waals surface area contributed by atoms with Crippen molar-refractivity contribution in [2.24, 2.45) is 0 Å². The molecule has 0 fully saturated rings. The topological polar surface area (TPSA) is 108 Å². The molecule has 0 aromatic heterocycles. The lowest BCUT2D eigenvalue weighted by molar-refractivity contribution is -0.121. The molecular formula is C22H24ClN3O5S. The Morgan fingerprint density at radius 3 is 2.28 bits per heavy atom. The molecule has 0 bridgehead atoms. The third-order valence-electron chi connectivity index (χ3n) is 4.53. The minimum atomic E-state index is -3.79. The summed E-state index contributed by atoms with van der Waals surface area (Å²) < 4.78 is 30.8. The zero-order chi connectivity index (χ0) is 24.1. The van der Waals surface area contributed by atoms with Crippen LogP contribution in [0.25, 0.3) is 0 Å². The lowest BCUT2D eigenvalue weighted by Crippen LogP contribution is -2.35. The number of hydrogen-bond donors (Lipinski definition) is 0. The lowest BCUT2D eigenvalue weighted by Gasteiger charge is -2.22. The Morgan fingerprint density at radius 2 is 1.72 bits per heavy atom. The van der Waals surface area contributed by atoms with E-state index >= 15 is 0 Å². The zero-order valence-electron chi connectivity index (χ0n) is 18.3. The van der Waals surface area contributed by atoms with Crippen molar-refractivity contribution >= 4 is 39.2 Å². The van der Waals surface area contributed by atoms with E-state index in [1.165, 1.54) is 31.1 Å². The monoisotopic (exact) mass is 477 g/mol. The summed E-state index contributed by atoms with van der Waals surface area (Å²) in [5.41, 5.74) is 2.31. The average molecular weight is 478 g/mol. The van der Waals surface area contributed by atoms with Crippen LogP contribution >= 0.6 is 11.6 Å². The lowest BCUT2D eigenvalue weighted by atomic mass is 10.1. The van der Waals surface area contributed by atoms with Gasteiger partial charge in [0.15, 0.2) is 6.61 Å². The van der Waals surface area contributed by atoms with E-state index in [4.69, 9.17) is 21.6 Å². The van der Waals surface area contributed by atoms with Gasteiger partial charge in [-0.2, -0.15) is 5.26 Å². The van der Waals surface area contributed by atoms with Crippen molar-refractivity contribution in [1.29, 1.82) is 5.26 Å². The van der Waals surface area contributed by atoms with E-state index < -0.39 is 28.5 Å². The van der Waals surface area contributed by atoms with Crippen LogP contribution in [0, 0.1) is 25.2 Å². The van der Waals surface area contributed by atoms with E-state index in [1.807, 2.05) is 26.0 Å². The van der Waals surface area contributed by atoms with Crippen LogP contribution in [-0.2, 0) is 19.6 Å². The van der Waals surface area contributed by atoms with Gasteiger partial charge in [0.05, 0.1) is 28.0 Å². The average Bonchev–Trinajstić information content (AvgIpc) is 2.71. The number of nitriles is 1. The summed E-state index contributed by atoms with van der Waals surface area (Å²) in [4.78, 5) is 26.6. The molecular weight excluding hydrogens is 454 g/mol. The normalized spacial score (nSPS) is 11.2. The molecule has 8 nitrogen and oxygen atoms in total. The number of carbonyl (C=O) groups is 2. The highest BCUT2D eigenvalue weighted by atomic mass is 35.5. The molecule has 0 atom stereocenters. The van der Waals surface area contributed by atoms with Crippen LogP contribution in [0.4, 0.5) is 5.69 Å². The van der Waals surface area contributed by atoms with Crippen molar-refractivity contribution in [3.63, 3.8) is 0 Å². The van der Waals surface area contributed by atoms with E-state index in [9.17, 15) is 18.0 Å². The molecule has 0 saturated heterocycles. The van der Waals surface area contributed by atoms with E-state index in [0.29, 0.717) is 5.69 Å². The predicted octanol–water partition coefficient (Wildman–Crippen LogP) is 3.31. The largest absolute Gasteiger partial charge is 0.452 e. The van der Waals surface area contributed by atoms with Gasteiger partial charge in [-0.25, -0.2) is 17.5 Å². The molecule has 0 aliphatic carbocycles. The minimum absolute atomic E-state index is 0.00389. The van der Waals surface area contributed by atoms with Crippen molar-refractivity contribution in [2.45, 2.75) is 25.2 Å². The molecule has 2 rings (SSSR count). The number of nitrogens with zero attached hydrogens (tertiary/aromatic N) is 3. The number of rotatable bonds is 8. The zero-order valence-corrected chi connectivity index (χ0v) is 19.8. The minimum Gasteiger partial charge on any atom is -0.452 e. The van der Waals surface area contributed by atoms with E-state index in [-0.39, 0.29) is 28.4 Å². The Kier molecular flexibility index (Phi) is 8.38. The fraction of sp³-hybridized carbons (Fsp3) is 0.318. The highest BCUT2D eigenvalue weighted by molar-refractivity contribution is 7.89. The fourth-order valence-corrected chi connectivity index (χ4v) is 4.10. The number of aryl methyl sites for hydroxylation is 2. The van der Waals surface area contributed by atoms with Gasteiger partial charge in [-0.3, -0.25) is 4.79 Å². The van der Waals surface area contributed by atoms with Gasteiger partial charge in [0.1, 0.15) is 0 Å². The molecule has 0 unspecified atom stereocenters. The number of esters is 1. The van der Waals surface area contributed by atoms with E-state index in [0.717, 1.165) is 21.5 Å². The fourth-order valence-electron chi connectivity index (χ4n) is 2.98. The first kappa shape index (κ1) is 25.3. The SMILES string of the molecule is Cc1cc(C)cc(N(CCC#N)C(=O)COC(=O)c2cc(S(=O)(=O)N(C)C)ccc2Cl)c1. The molecule has 0 aliphatic heterocycles. The highest BCUT2D eigenvalue weighted by Crippen LogP contribution is 2.23. The maximum atomic E-state index is 12.8. The Hall–Kier alpha value is -2.93. The first-order valence-electron chi connectivity index (χ1n) is 9.62. The van der Waals surface area contributed by atoms with Crippen molar-refractivity contribution in [1.82, 2.24) is 4.31 Å². The third kappa shape index (κ3) is 6.07. The summed E-state index contributed by atoms with van der Waals surface area (Å²) in [7, 11) is -1.06. The van der Waals surface area contributed by atoms with Crippen LogP contribution in [0.15, 0.2) is 41.3 Å². The van der Waals surface area contributed by atoms with Crippen molar-refractivity contribution in [3.8, 4) is 6.07 Å². The molecule has 0 radical (unpaired) electrons. The summed E-state index contributed by atoms with van der Waals surface area (Å²) >= 11 is 6.06. The summed E-state index contributed by atoms with van der Waals surface area (Å²) in [6, 6.07) is 11.2. The summed E-state index contributed by atoms with van der Waals surface area (Å²) in [6.45, 7) is 3.31.